The number of amidine groups is 1. The van der Waals surface area contributed by atoms with Gasteiger partial charge in [-0.25, -0.2) is 0 Å². The molecule has 0 bridgehead atoms. The van der Waals surface area contributed by atoms with Crippen LogP contribution in [0.4, 0.5) is 5.69 Å². The molecule has 5 heteroatoms. The molecule has 0 aromatic heterocycles. The Labute approximate surface area is 116 Å². The van der Waals surface area contributed by atoms with Gasteiger partial charge in [-0.3, -0.25) is 0 Å². The van der Waals surface area contributed by atoms with Crippen LogP contribution in [0.15, 0.2) is 27.8 Å². The van der Waals surface area contributed by atoms with Crippen LogP contribution in [0.3, 0.4) is 0 Å². The molecule has 4 nitrogen and oxygen atoms in total. The average molecular weight is 312 g/mol. The molecular weight excluding hydrogens is 294 g/mol. The number of nitrogens with two attached hydrogens (primary N) is 1. The van der Waals surface area contributed by atoms with Gasteiger partial charge in [-0.2, -0.15) is 0 Å². The van der Waals surface area contributed by atoms with Crippen molar-refractivity contribution in [3.05, 3.63) is 28.2 Å². The molecule has 1 fully saturated rings. The van der Waals surface area contributed by atoms with Gasteiger partial charge in [0.05, 0.1) is 5.69 Å². The van der Waals surface area contributed by atoms with Crippen LogP contribution in [-0.2, 0) is 0 Å². The first-order valence-corrected chi connectivity index (χ1v) is 7.00. The third-order valence-corrected chi connectivity index (χ3v) is 3.75. The van der Waals surface area contributed by atoms with Crippen molar-refractivity contribution in [3.8, 4) is 0 Å². The lowest BCUT2D eigenvalue weighted by Gasteiger charge is -2.25. The fraction of sp³-hybridized carbons (Fsp3) is 0.462. The Bertz CT molecular complexity index is 458. The summed E-state index contributed by atoms with van der Waals surface area (Å²) in [4.78, 5) is 2.43. The average Bonchev–Trinajstić information content (AvgIpc) is 3.19. The van der Waals surface area contributed by atoms with Crippen molar-refractivity contribution in [1.29, 1.82) is 0 Å². The van der Waals surface area contributed by atoms with Crippen LogP contribution >= 0.6 is 15.9 Å². The minimum atomic E-state index is 0.135. The minimum Gasteiger partial charge on any atom is -0.409 e. The summed E-state index contributed by atoms with van der Waals surface area (Å²) in [6, 6.07) is 6.50. The van der Waals surface area contributed by atoms with Gasteiger partial charge in [0.1, 0.15) is 0 Å². The van der Waals surface area contributed by atoms with Crippen LogP contribution in [0.5, 0.6) is 0 Å². The second-order valence-electron chi connectivity index (χ2n) is 4.58. The van der Waals surface area contributed by atoms with Crippen LogP contribution in [0, 0.1) is 0 Å². The number of hydrogen-bond acceptors (Lipinski definition) is 3. The molecule has 98 valence electrons. The number of halogens is 1. The van der Waals surface area contributed by atoms with Crippen molar-refractivity contribution in [2.24, 2.45) is 10.9 Å². The number of rotatable bonds is 5. The maximum atomic E-state index is 8.68. The van der Waals surface area contributed by atoms with Crippen LogP contribution in [0.1, 0.15) is 31.7 Å². The molecule has 2 rings (SSSR count). The van der Waals surface area contributed by atoms with Gasteiger partial charge in [0.25, 0.3) is 0 Å². The Morgan fingerprint density at radius 1 is 1.56 bits per heavy atom. The van der Waals surface area contributed by atoms with E-state index < -0.39 is 0 Å². The molecule has 1 aliphatic carbocycles. The first-order valence-electron chi connectivity index (χ1n) is 6.21. The van der Waals surface area contributed by atoms with E-state index in [0.717, 1.165) is 23.0 Å². The molecule has 0 radical (unpaired) electrons. The minimum absolute atomic E-state index is 0.135. The molecule has 0 unspecified atom stereocenters. The lowest BCUT2D eigenvalue weighted by atomic mass is 10.1. The highest BCUT2D eigenvalue weighted by atomic mass is 79.9. The largest absolute Gasteiger partial charge is 0.409 e. The number of oxime groups is 1. The summed E-state index contributed by atoms with van der Waals surface area (Å²) in [5, 5.41) is 11.7. The molecule has 18 heavy (non-hydrogen) atoms. The quantitative estimate of drug-likeness (QED) is 0.380. The predicted molar refractivity (Wildman–Crippen MR) is 77.3 cm³/mol. The van der Waals surface area contributed by atoms with E-state index in [4.69, 9.17) is 10.9 Å². The molecule has 1 aliphatic rings. The van der Waals surface area contributed by atoms with E-state index >= 15 is 0 Å². The summed E-state index contributed by atoms with van der Waals surface area (Å²) in [7, 11) is 0. The zero-order chi connectivity index (χ0) is 13.1. The van der Waals surface area contributed by atoms with E-state index in [-0.39, 0.29) is 5.84 Å². The van der Waals surface area contributed by atoms with E-state index in [1.165, 1.54) is 18.5 Å². The fourth-order valence-electron chi connectivity index (χ4n) is 2.08. The van der Waals surface area contributed by atoms with E-state index in [1.807, 2.05) is 18.2 Å². The van der Waals surface area contributed by atoms with Gasteiger partial charge in [0.2, 0.25) is 0 Å². The van der Waals surface area contributed by atoms with Gasteiger partial charge < -0.3 is 15.8 Å². The van der Waals surface area contributed by atoms with E-state index in [0.29, 0.717) is 6.04 Å². The van der Waals surface area contributed by atoms with Crippen LogP contribution in [0.25, 0.3) is 0 Å². The SMILES string of the molecule is CCCN(c1ccc(/C(N)=N/O)cc1Br)C1CC1. The Hall–Kier alpha value is -1.23. The summed E-state index contributed by atoms with van der Waals surface area (Å²) >= 11 is 3.58. The van der Waals surface area contributed by atoms with Gasteiger partial charge in [0, 0.05) is 22.6 Å². The van der Waals surface area contributed by atoms with Gasteiger partial charge in [-0.15, -0.1) is 0 Å². The van der Waals surface area contributed by atoms with Gasteiger partial charge in [-0.05, 0) is 53.4 Å². The third kappa shape index (κ3) is 2.77. The predicted octanol–water partition coefficient (Wildman–Crippen LogP) is 2.92. The van der Waals surface area contributed by atoms with E-state index in [2.05, 4.69) is 32.9 Å². The zero-order valence-electron chi connectivity index (χ0n) is 10.4. The maximum Gasteiger partial charge on any atom is 0.170 e. The maximum absolute atomic E-state index is 8.68. The number of anilines is 1. The van der Waals surface area contributed by atoms with Gasteiger partial charge >= 0.3 is 0 Å². The molecule has 0 spiro atoms. The Balaban J connectivity index is 2.27. The van der Waals surface area contributed by atoms with Crippen LogP contribution in [0.2, 0.25) is 0 Å². The van der Waals surface area contributed by atoms with Crippen molar-refractivity contribution < 1.29 is 5.21 Å². The molecule has 1 saturated carbocycles. The Morgan fingerprint density at radius 2 is 2.28 bits per heavy atom. The normalized spacial score (nSPS) is 15.8. The van der Waals surface area contributed by atoms with Gasteiger partial charge in [-0.1, -0.05) is 12.1 Å². The monoisotopic (exact) mass is 311 g/mol. The number of benzene rings is 1. The Morgan fingerprint density at radius 3 is 2.78 bits per heavy atom. The van der Waals surface area contributed by atoms with E-state index in [1.54, 1.807) is 0 Å². The second kappa shape index (κ2) is 5.61. The van der Waals surface area contributed by atoms with Crippen molar-refractivity contribution in [2.75, 3.05) is 11.4 Å². The molecule has 0 saturated heterocycles. The fourth-order valence-corrected chi connectivity index (χ4v) is 2.69. The van der Waals surface area contributed by atoms with Crippen LogP contribution in [-0.4, -0.2) is 23.6 Å². The van der Waals surface area contributed by atoms with Gasteiger partial charge in [0.15, 0.2) is 5.84 Å². The Kier molecular flexibility index (Phi) is 4.11. The van der Waals surface area contributed by atoms with E-state index in [9.17, 15) is 0 Å². The molecule has 3 N–H and O–H groups in total. The highest BCUT2D eigenvalue weighted by Crippen LogP contribution is 2.36. The highest BCUT2D eigenvalue weighted by molar-refractivity contribution is 9.10. The summed E-state index contributed by atoms with van der Waals surface area (Å²) in [6.45, 7) is 3.25. The molecular formula is C13H18BrN3O. The third-order valence-electron chi connectivity index (χ3n) is 3.11. The summed E-state index contributed by atoms with van der Waals surface area (Å²) in [6.07, 6.45) is 3.67. The smallest absolute Gasteiger partial charge is 0.170 e. The number of hydrogen-bond donors (Lipinski definition) is 2. The van der Waals surface area contributed by atoms with Crippen LogP contribution < -0.4 is 10.6 Å². The first-order chi connectivity index (χ1) is 8.67. The van der Waals surface area contributed by atoms with Crippen molar-refractivity contribution in [3.63, 3.8) is 0 Å². The van der Waals surface area contributed by atoms with Crippen molar-refractivity contribution in [2.45, 2.75) is 32.2 Å². The summed E-state index contributed by atoms with van der Waals surface area (Å²) in [5.41, 5.74) is 7.50. The zero-order valence-corrected chi connectivity index (χ0v) is 12.0. The summed E-state index contributed by atoms with van der Waals surface area (Å²) in [5.74, 6) is 0.135. The first kappa shape index (κ1) is 13.2. The highest BCUT2D eigenvalue weighted by Gasteiger charge is 2.29. The molecule has 0 amide bonds. The second-order valence-corrected chi connectivity index (χ2v) is 5.43. The molecule has 0 atom stereocenters. The van der Waals surface area contributed by atoms with Crippen molar-refractivity contribution >= 4 is 27.5 Å². The lowest BCUT2D eigenvalue weighted by molar-refractivity contribution is 0.318. The molecule has 1 aromatic rings. The standard InChI is InChI=1S/C13H18BrN3O/c1-2-7-17(10-4-5-10)12-6-3-9(8-11(12)14)13(15)16-18/h3,6,8,10,18H,2,4-5,7H2,1H3,(H2,15,16). The lowest BCUT2D eigenvalue weighted by Crippen LogP contribution is -2.27. The molecule has 1 aromatic carbocycles. The molecule has 0 heterocycles. The summed E-state index contributed by atoms with van der Waals surface area (Å²) < 4.78 is 0.993. The molecule has 0 aliphatic heterocycles. The van der Waals surface area contributed by atoms with Crippen molar-refractivity contribution in [1.82, 2.24) is 0 Å². The topological polar surface area (TPSA) is 61.8 Å². The number of nitrogens with zero attached hydrogens (tertiary/aromatic N) is 2.